The smallest absolute Gasteiger partial charge is 0.255 e. The topological polar surface area (TPSA) is 65.4 Å². The lowest BCUT2D eigenvalue weighted by atomic mass is 10.1. The van der Waals surface area contributed by atoms with Gasteiger partial charge in [0.15, 0.2) is 0 Å². The van der Waals surface area contributed by atoms with Gasteiger partial charge in [0.25, 0.3) is 5.91 Å². The van der Waals surface area contributed by atoms with Crippen molar-refractivity contribution in [3.05, 3.63) is 53.6 Å². The highest BCUT2D eigenvalue weighted by atomic mass is 16.5. The summed E-state index contributed by atoms with van der Waals surface area (Å²) in [5.74, 6) is 0.337. The Kier molecular flexibility index (Phi) is 4.66. The fourth-order valence-electron chi connectivity index (χ4n) is 2.94. The van der Waals surface area contributed by atoms with Crippen molar-refractivity contribution in [1.82, 2.24) is 0 Å². The van der Waals surface area contributed by atoms with Crippen molar-refractivity contribution in [3.8, 4) is 11.8 Å². The number of rotatable bonds is 4. The van der Waals surface area contributed by atoms with E-state index in [1.54, 1.807) is 31.4 Å². The number of nitrogens with zero attached hydrogens (tertiary/aromatic N) is 2. The molecular weight excluding hydrogens is 302 g/mol. The van der Waals surface area contributed by atoms with Crippen LogP contribution in [0.1, 0.15) is 28.8 Å². The van der Waals surface area contributed by atoms with Gasteiger partial charge in [0.2, 0.25) is 0 Å². The average molecular weight is 321 g/mol. The van der Waals surface area contributed by atoms with Gasteiger partial charge in [-0.15, -0.1) is 0 Å². The lowest BCUT2D eigenvalue weighted by molar-refractivity contribution is 0.102. The first-order chi connectivity index (χ1) is 11.7. The van der Waals surface area contributed by atoms with Gasteiger partial charge in [-0.05, 0) is 43.2 Å². The highest BCUT2D eigenvalue weighted by molar-refractivity contribution is 6.05. The second-order valence-corrected chi connectivity index (χ2v) is 5.69. The van der Waals surface area contributed by atoms with Gasteiger partial charge in [0.1, 0.15) is 11.8 Å². The molecule has 0 atom stereocenters. The highest BCUT2D eigenvalue weighted by Gasteiger charge is 2.18. The molecule has 1 N–H and O–H groups in total. The first kappa shape index (κ1) is 15.9. The summed E-state index contributed by atoms with van der Waals surface area (Å²) in [7, 11) is 1.56. The standard InChI is InChI=1S/C19H19N3O2/c1-24-18-7-3-2-6-16(18)21-19(23)14-8-9-17(15(12-14)13-20)22-10-4-5-11-22/h2-3,6-9,12H,4-5,10-11H2,1H3,(H,21,23). The van der Waals surface area contributed by atoms with Crippen LogP contribution in [0.15, 0.2) is 42.5 Å². The molecule has 2 aromatic carbocycles. The summed E-state index contributed by atoms with van der Waals surface area (Å²) in [6.45, 7) is 1.92. The third kappa shape index (κ3) is 3.18. The fraction of sp³-hybridized carbons (Fsp3) is 0.263. The van der Waals surface area contributed by atoms with E-state index in [-0.39, 0.29) is 5.91 Å². The number of carbonyl (C=O) groups excluding carboxylic acids is 1. The largest absolute Gasteiger partial charge is 0.495 e. The molecule has 5 nitrogen and oxygen atoms in total. The van der Waals surface area contributed by atoms with Gasteiger partial charge in [-0.2, -0.15) is 5.26 Å². The van der Waals surface area contributed by atoms with Crippen LogP contribution in [0.4, 0.5) is 11.4 Å². The zero-order valence-corrected chi connectivity index (χ0v) is 13.6. The van der Waals surface area contributed by atoms with Crippen molar-refractivity contribution in [2.75, 3.05) is 30.4 Å². The maximum Gasteiger partial charge on any atom is 0.255 e. The molecule has 1 aliphatic heterocycles. The molecule has 1 saturated heterocycles. The van der Waals surface area contributed by atoms with E-state index in [0.29, 0.717) is 22.6 Å². The van der Waals surface area contributed by atoms with E-state index < -0.39 is 0 Å². The quantitative estimate of drug-likeness (QED) is 0.937. The SMILES string of the molecule is COc1ccccc1NC(=O)c1ccc(N2CCCC2)c(C#N)c1. The summed E-state index contributed by atoms with van der Waals surface area (Å²) >= 11 is 0. The molecule has 0 bridgehead atoms. The van der Waals surface area contributed by atoms with E-state index in [1.807, 2.05) is 18.2 Å². The predicted molar refractivity (Wildman–Crippen MR) is 93.6 cm³/mol. The number of hydrogen-bond acceptors (Lipinski definition) is 4. The van der Waals surface area contributed by atoms with E-state index in [1.165, 1.54) is 0 Å². The molecule has 1 heterocycles. The van der Waals surface area contributed by atoms with Crippen LogP contribution >= 0.6 is 0 Å². The first-order valence-corrected chi connectivity index (χ1v) is 7.96. The van der Waals surface area contributed by atoms with Crippen LogP contribution in [-0.4, -0.2) is 26.1 Å². The Bertz CT molecular complexity index is 789. The van der Waals surface area contributed by atoms with Crippen LogP contribution in [0.3, 0.4) is 0 Å². The summed E-state index contributed by atoms with van der Waals surface area (Å²) in [5.41, 5.74) is 2.50. The Morgan fingerprint density at radius 3 is 2.67 bits per heavy atom. The molecule has 5 heteroatoms. The normalized spacial score (nSPS) is 13.4. The molecule has 1 fully saturated rings. The molecule has 24 heavy (non-hydrogen) atoms. The van der Waals surface area contributed by atoms with Gasteiger partial charge in [-0.3, -0.25) is 4.79 Å². The van der Waals surface area contributed by atoms with Crippen molar-refractivity contribution in [1.29, 1.82) is 5.26 Å². The Balaban J connectivity index is 1.84. The van der Waals surface area contributed by atoms with Crippen LogP contribution in [0, 0.1) is 11.3 Å². The van der Waals surface area contributed by atoms with Gasteiger partial charge in [-0.25, -0.2) is 0 Å². The molecule has 0 saturated carbocycles. The number of nitriles is 1. The number of methoxy groups -OCH3 is 1. The van der Waals surface area contributed by atoms with Crippen molar-refractivity contribution < 1.29 is 9.53 Å². The number of amides is 1. The van der Waals surface area contributed by atoms with Gasteiger partial charge in [0.05, 0.1) is 24.0 Å². The minimum Gasteiger partial charge on any atom is -0.495 e. The fourth-order valence-corrected chi connectivity index (χ4v) is 2.94. The summed E-state index contributed by atoms with van der Waals surface area (Å²) < 4.78 is 5.24. The average Bonchev–Trinajstić information content (AvgIpc) is 3.16. The number of hydrogen-bond donors (Lipinski definition) is 1. The number of para-hydroxylation sites is 2. The Morgan fingerprint density at radius 1 is 1.21 bits per heavy atom. The molecule has 0 unspecified atom stereocenters. The Hall–Kier alpha value is -3.00. The van der Waals surface area contributed by atoms with Gasteiger partial charge < -0.3 is 15.0 Å². The van der Waals surface area contributed by atoms with Crippen LogP contribution in [0.2, 0.25) is 0 Å². The second kappa shape index (κ2) is 7.05. The van der Waals surface area contributed by atoms with E-state index >= 15 is 0 Å². The van der Waals surface area contributed by atoms with Gasteiger partial charge in [-0.1, -0.05) is 12.1 Å². The zero-order valence-electron chi connectivity index (χ0n) is 13.6. The molecule has 122 valence electrons. The molecule has 1 aliphatic rings. The van der Waals surface area contributed by atoms with Crippen LogP contribution < -0.4 is 15.0 Å². The molecule has 0 aromatic heterocycles. The van der Waals surface area contributed by atoms with Gasteiger partial charge >= 0.3 is 0 Å². The number of anilines is 2. The monoisotopic (exact) mass is 321 g/mol. The predicted octanol–water partition coefficient (Wildman–Crippen LogP) is 3.42. The van der Waals surface area contributed by atoms with Crippen LogP contribution in [0.25, 0.3) is 0 Å². The number of carbonyl (C=O) groups is 1. The Morgan fingerprint density at radius 2 is 1.96 bits per heavy atom. The third-order valence-electron chi connectivity index (χ3n) is 4.18. The third-order valence-corrected chi connectivity index (χ3v) is 4.18. The molecule has 0 radical (unpaired) electrons. The molecular formula is C19H19N3O2. The number of nitrogens with one attached hydrogen (secondary N) is 1. The zero-order chi connectivity index (χ0) is 16.9. The van der Waals surface area contributed by atoms with Gasteiger partial charge in [0, 0.05) is 18.7 Å². The van der Waals surface area contributed by atoms with E-state index in [4.69, 9.17) is 4.74 Å². The minimum atomic E-state index is -0.260. The maximum absolute atomic E-state index is 12.5. The molecule has 1 amide bonds. The second-order valence-electron chi connectivity index (χ2n) is 5.69. The number of benzene rings is 2. The van der Waals surface area contributed by atoms with Crippen molar-refractivity contribution in [2.24, 2.45) is 0 Å². The highest BCUT2D eigenvalue weighted by Crippen LogP contribution is 2.27. The summed E-state index contributed by atoms with van der Waals surface area (Å²) in [6.07, 6.45) is 2.28. The summed E-state index contributed by atoms with van der Waals surface area (Å²) in [5, 5.41) is 12.3. The summed E-state index contributed by atoms with van der Waals surface area (Å²) in [4.78, 5) is 14.7. The maximum atomic E-state index is 12.5. The lowest BCUT2D eigenvalue weighted by Gasteiger charge is -2.19. The van der Waals surface area contributed by atoms with Crippen molar-refractivity contribution >= 4 is 17.3 Å². The Labute approximate surface area is 141 Å². The number of ether oxygens (including phenoxy) is 1. The van der Waals surface area contributed by atoms with E-state index in [9.17, 15) is 10.1 Å². The lowest BCUT2D eigenvalue weighted by Crippen LogP contribution is -2.19. The van der Waals surface area contributed by atoms with Crippen molar-refractivity contribution in [3.63, 3.8) is 0 Å². The summed E-state index contributed by atoms with van der Waals surface area (Å²) in [6, 6.07) is 14.7. The van der Waals surface area contributed by atoms with Crippen LogP contribution in [0.5, 0.6) is 5.75 Å². The molecule has 3 rings (SSSR count). The van der Waals surface area contributed by atoms with E-state index in [2.05, 4.69) is 16.3 Å². The minimum absolute atomic E-state index is 0.260. The van der Waals surface area contributed by atoms with Crippen molar-refractivity contribution in [2.45, 2.75) is 12.8 Å². The van der Waals surface area contributed by atoms with Crippen LogP contribution in [-0.2, 0) is 0 Å². The first-order valence-electron chi connectivity index (χ1n) is 7.96. The molecule has 2 aromatic rings. The molecule has 0 spiro atoms. The van der Waals surface area contributed by atoms with E-state index in [0.717, 1.165) is 31.6 Å². The molecule has 0 aliphatic carbocycles.